The molecule has 3 unspecified atom stereocenters. The number of esters is 1. The summed E-state index contributed by atoms with van der Waals surface area (Å²) >= 11 is 0. The zero-order valence-electron chi connectivity index (χ0n) is 21.3. The monoisotopic (exact) mass is 517 g/mol. The fourth-order valence-corrected chi connectivity index (χ4v) is 5.95. The van der Waals surface area contributed by atoms with Gasteiger partial charge in [0.15, 0.2) is 0 Å². The predicted octanol–water partition coefficient (Wildman–Crippen LogP) is 2.89. The van der Waals surface area contributed by atoms with Crippen LogP contribution in [0.2, 0.25) is 0 Å². The largest absolute Gasteiger partial charge is 0.461 e. The minimum atomic E-state index is -1.08. The Balaban J connectivity index is 1.23. The highest BCUT2D eigenvalue weighted by molar-refractivity contribution is 6.02. The average molecular weight is 518 g/mol. The van der Waals surface area contributed by atoms with Gasteiger partial charge in [-0.2, -0.15) is 0 Å². The van der Waals surface area contributed by atoms with Crippen molar-refractivity contribution in [2.24, 2.45) is 0 Å². The summed E-state index contributed by atoms with van der Waals surface area (Å²) < 4.78 is 10.6. The molecule has 5 rings (SSSR count). The van der Waals surface area contributed by atoms with Crippen LogP contribution in [0.3, 0.4) is 0 Å². The Morgan fingerprint density at radius 3 is 2.39 bits per heavy atom. The van der Waals surface area contributed by atoms with Crippen molar-refractivity contribution in [2.45, 2.75) is 49.7 Å². The van der Waals surface area contributed by atoms with Crippen LogP contribution in [0.25, 0.3) is 11.1 Å². The first-order valence-corrected chi connectivity index (χ1v) is 12.9. The number of nitrogens with zero attached hydrogens (tertiary/aromatic N) is 1. The number of benzene rings is 2. The second-order valence-electron chi connectivity index (χ2n) is 9.91. The van der Waals surface area contributed by atoms with Crippen molar-refractivity contribution in [3.05, 3.63) is 72.3 Å². The second-order valence-corrected chi connectivity index (χ2v) is 9.91. The lowest BCUT2D eigenvalue weighted by Gasteiger charge is -2.43. The summed E-state index contributed by atoms with van der Waals surface area (Å²) in [6.07, 6.45) is 1.21. The van der Waals surface area contributed by atoms with Crippen LogP contribution >= 0.6 is 0 Å². The zero-order chi connectivity index (χ0) is 26.9. The SMILES string of the molecule is C=CCOC(=O)CC1NC(=O)C2(CC)CC(NC(=O)OCC3c4ccccc4-c4ccccc43)CN2C1=O. The van der Waals surface area contributed by atoms with Crippen LogP contribution in [0, 0.1) is 0 Å². The van der Waals surface area contributed by atoms with Crippen molar-refractivity contribution in [2.75, 3.05) is 19.8 Å². The molecule has 2 fully saturated rings. The Hall–Kier alpha value is -4.14. The van der Waals surface area contributed by atoms with Crippen molar-refractivity contribution >= 4 is 23.9 Å². The molecule has 0 bridgehead atoms. The Bertz CT molecular complexity index is 1250. The standard InChI is InChI=1S/C29H31N3O6/c1-3-13-37-25(33)14-24-26(34)32-16-18(15-29(32,4-2)27(35)31-24)30-28(36)38-17-23-21-11-7-5-9-19(21)20-10-6-8-12-22(20)23/h3,5-12,18,23-24H,1,4,13-17H2,2H3,(H,30,36)(H,31,35). The lowest BCUT2D eigenvalue weighted by molar-refractivity contribution is -0.157. The van der Waals surface area contributed by atoms with Crippen LogP contribution in [0.5, 0.6) is 0 Å². The van der Waals surface area contributed by atoms with E-state index in [1.807, 2.05) is 31.2 Å². The molecule has 0 saturated carbocycles. The molecule has 2 aromatic carbocycles. The maximum absolute atomic E-state index is 13.2. The number of carbonyl (C=O) groups excluding carboxylic acids is 4. The molecule has 198 valence electrons. The number of hydrogen-bond donors (Lipinski definition) is 2. The van der Waals surface area contributed by atoms with Crippen LogP contribution in [0.15, 0.2) is 61.2 Å². The van der Waals surface area contributed by atoms with E-state index in [-0.39, 0.29) is 50.3 Å². The lowest BCUT2D eigenvalue weighted by atomic mass is 9.87. The number of nitrogens with one attached hydrogen (secondary N) is 2. The summed E-state index contributed by atoms with van der Waals surface area (Å²) in [5.74, 6) is -1.36. The summed E-state index contributed by atoms with van der Waals surface area (Å²) in [4.78, 5) is 52.7. The molecule has 38 heavy (non-hydrogen) atoms. The van der Waals surface area contributed by atoms with E-state index in [0.29, 0.717) is 6.42 Å². The van der Waals surface area contributed by atoms with Gasteiger partial charge < -0.3 is 25.0 Å². The molecule has 2 aromatic rings. The molecule has 3 amide bonds. The highest BCUT2D eigenvalue weighted by Crippen LogP contribution is 2.44. The smallest absolute Gasteiger partial charge is 0.407 e. The van der Waals surface area contributed by atoms with E-state index in [2.05, 4.69) is 41.5 Å². The summed E-state index contributed by atoms with van der Waals surface area (Å²) in [7, 11) is 0. The Kier molecular flexibility index (Phi) is 6.93. The molecule has 9 nitrogen and oxygen atoms in total. The van der Waals surface area contributed by atoms with Gasteiger partial charge in [0.1, 0.15) is 24.8 Å². The van der Waals surface area contributed by atoms with Gasteiger partial charge in [-0.25, -0.2) is 4.79 Å². The van der Waals surface area contributed by atoms with Gasteiger partial charge >= 0.3 is 12.1 Å². The third-order valence-corrected chi connectivity index (χ3v) is 7.78. The van der Waals surface area contributed by atoms with Crippen molar-refractivity contribution < 1.29 is 28.7 Å². The normalized spacial score (nSPS) is 23.7. The number of fused-ring (bicyclic) bond motifs is 4. The number of amides is 3. The summed E-state index contributed by atoms with van der Waals surface area (Å²) in [6.45, 7) is 5.67. The molecule has 0 aromatic heterocycles. The van der Waals surface area contributed by atoms with E-state index >= 15 is 0 Å². The fourth-order valence-electron chi connectivity index (χ4n) is 5.95. The van der Waals surface area contributed by atoms with E-state index in [9.17, 15) is 19.2 Å². The predicted molar refractivity (Wildman–Crippen MR) is 139 cm³/mol. The van der Waals surface area contributed by atoms with Gasteiger partial charge in [-0.05, 0) is 28.7 Å². The van der Waals surface area contributed by atoms with Crippen LogP contribution in [0.1, 0.15) is 43.2 Å². The molecular weight excluding hydrogens is 486 g/mol. The van der Waals surface area contributed by atoms with Gasteiger partial charge in [0.05, 0.1) is 12.5 Å². The third-order valence-electron chi connectivity index (χ3n) is 7.78. The van der Waals surface area contributed by atoms with E-state index in [1.165, 1.54) is 11.0 Å². The molecule has 2 saturated heterocycles. The van der Waals surface area contributed by atoms with Crippen LogP contribution in [-0.2, 0) is 23.9 Å². The average Bonchev–Trinajstić information content (AvgIpc) is 3.46. The Labute approximate surface area is 221 Å². The first kappa shape index (κ1) is 25.5. The molecule has 3 atom stereocenters. The third kappa shape index (κ3) is 4.42. The van der Waals surface area contributed by atoms with Crippen LogP contribution in [0.4, 0.5) is 4.79 Å². The maximum atomic E-state index is 13.2. The van der Waals surface area contributed by atoms with Gasteiger partial charge in [0.25, 0.3) is 0 Å². The van der Waals surface area contributed by atoms with Gasteiger partial charge in [-0.3, -0.25) is 14.4 Å². The molecule has 0 spiro atoms. The summed E-state index contributed by atoms with van der Waals surface area (Å²) in [6, 6.07) is 14.7. The van der Waals surface area contributed by atoms with Crippen LogP contribution < -0.4 is 10.6 Å². The molecule has 2 heterocycles. The number of hydrogen-bond acceptors (Lipinski definition) is 6. The van der Waals surface area contributed by atoms with E-state index in [1.54, 1.807) is 0 Å². The van der Waals surface area contributed by atoms with Gasteiger partial charge in [-0.15, -0.1) is 0 Å². The van der Waals surface area contributed by atoms with E-state index < -0.39 is 29.7 Å². The lowest BCUT2D eigenvalue weighted by Crippen LogP contribution is -2.68. The van der Waals surface area contributed by atoms with Crippen LogP contribution in [-0.4, -0.2) is 66.2 Å². The number of piperazine rings is 1. The van der Waals surface area contributed by atoms with E-state index in [4.69, 9.17) is 9.47 Å². The molecule has 2 N–H and O–H groups in total. The quantitative estimate of drug-likeness (QED) is 0.411. The second kappa shape index (κ2) is 10.3. The number of rotatable bonds is 8. The molecule has 3 aliphatic rings. The van der Waals surface area contributed by atoms with Crippen molar-refractivity contribution in [3.63, 3.8) is 0 Å². The maximum Gasteiger partial charge on any atom is 0.407 e. The first-order valence-electron chi connectivity index (χ1n) is 12.9. The highest BCUT2D eigenvalue weighted by atomic mass is 16.5. The summed E-state index contributed by atoms with van der Waals surface area (Å²) in [5, 5.41) is 5.54. The topological polar surface area (TPSA) is 114 Å². The first-order chi connectivity index (χ1) is 18.4. The van der Waals surface area contributed by atoms with Gasteiger partial charge in [0, 0.05) is 18.9 Å². The number of carbonyl (C=O) groups is 4. The Morgan fingerprint density at radius 1 is 1.11 bits per heavy atom. The Morgan fingerprint density at radius 2 is 1.76 bits per heavy atom. The highest BCUT2D eigenvalue weighted by Gasteiger charge is 2.57. The van der Waals surface area contributed by atoms with E-state index in [0.717, 1.165) is 22.3 Å². The molecule has 1 aliphatic carbocycles. The number of alkyl carbamates (subject to hydrolysis) is 1. The molecule has 0 radical (unpaired) electrons. The minimum Gasteiger partial charge on any atom is -0.461 e. The minimum absolute atomic E-state index is 0.0302. The van der Waals surface area contributed by atoms with Crippen molar-refractivity contribution in [1.29, 1.82) is 0 Å². The molecular formula is C29H31N3O6. The fraction of sp³-hybridized carbons (Fsp3) is 0.379. The molecule has 9 heteroatoms. The number of ether oxygens (including phenoxy) is 2. The molecule has 2 aliphatic heterocycles. The van der Waals surface area contributed by atoms with Crippen molar-refractivity contribution in [1.82, 2.24) is 15.5 Å². The van der Waals surface area contributed by atoms with Gasteiger partial charge in [0.2, 0.25) is 11.8 Å². The van der Waals surface area contributed by atoms with Gasteiger partial charge in [-0.1, -0.05) is 68.1 Å². The zero-order valence-corrected chi connectivity index (χ0v) is 21.3. The summed E-state index contributed by atoms with van der Waals surface area (Å²) in [5.41, 5.74) is 3.43. The van der Waals surface area contributed by atoms with Crippen molar-refractivity contribution in [3.8, 4) is 11.1 Å².